The second-order valence-corrected chi connectivity index (χ2v) is 9.42. The SMILES string of the molecule is CC[C@@H](C)NS(=O)(=O)c1cc(NC(=O)C(C)C)ccc1Oc1c(C)c(C(=O)O)nn1CC. The Balaban J connectivity index is 2.60. The molecule has 0 fully saturated rings. The van der Waals surface area contributed by atoms with Crippen LogP contribution in [0.5, 0.6) is 11.6 Å². The maximum absolute atomic E-state index is 13.1. The Bertz CT molecular complexity index is 1110. The quantitative estimate of drug-likeness (QED) is 0.488. The first-order valence-corrected chi connectivity index (χ1v) is 11.8. The average Bonchev–Trinajstić information content (AvgIpc) is 3.04. The summed E-state index contributed by atoms with van der Waals surface area (Å²) in [5.41, 5.74) is 0.395. The minimum Gasteiger partial charge on any atom is -0.476 e. The number of anilines is 1. The highest BCUT2D eigenvalue weighted by atomic mass is 32.2. The third-order valence-electron chi connectivity index (χ3n) is 4.83. The van der Waals surface area contributed by atoms with Gasteiger partial charge in [0.2, 0.25) is 21.8 Å². The number of carboxylic acid groups (broad SMARTS) is 1. The number of amides is 1. The molecule has 2 aromatic rings. The van der Waals surface area contributed by atoms with Gasteiger partial charge in [-0.3, -0.25) is 4.79 Å². The van der Waals surface area contributed by atoms with Crippen LogP contribution in [0.25, 0.3) is 0 Å². The summed E-state index contributed by atoms with van der Waals surface area (Å²) in [6, 6.07) is 3.94. The predicted octanol–water partition coefficient (Wildman–Crippen LogP) is 3.37. The number of rotatable bonds is 10. The standard InChI is InChI=1S/C21H30N4O6S/c1-7-13(5)24-32(29,30)17-11-15(22-19(26)12(3)4)9-10-16(17)31-20-14(6)18(21(27)28)23-25(20)8-2/h9-13,24H,7-8H2,1-6H3,(H,22,26)(H,27,28)/t13-/m1/s1. The molecule has 0 aliphatic heterocycles. The number of nitrogens with zero attached hydrogens (tertiary/aromatic N) is 2. The van der Waals surface area contributed by atoms with E-state index in [0.717, 1.165) is 0 Å². The molecule has 0 radical (unpaired) electrons. The first kappa shape index (κ1) is 25.3. The number of ether oxygens (including phenoxy) is 1. The number of carboxylic acids is 1. The van der Waals surface area contributed by atoms with Gasteiger partial charge in [0.15, 0.2) is 5.69 Å². The Morgan fingerprint density at radius 2 is 1.88 bits per heavy atom. The molecule has 0 spiro atoms. The van der Waals surface area contributed by atoms with E-state index >= 15 is 0 Å². The predicted molar refractivity (Wildman–Crippen MR) is 120 cm³/mol. The number of aryl methyl sites for hydroxylation is 1. The summed E-state index contributed by atoms with van der Waals surface area (Å²) in [5.74, 6) is -1.65. The summed E-state index contributed by atoms with van der Waals surface area (Å²) in [7, 11) is -4.02. The number of aromatic carboxylic acids is 1. The zero-order chi connectivity index (χ0) is 24.2. The number of benzene rings is 1. The monoisotopic (exact) mass is 466 g/mol. The van der Waals surface area contributed by atoms with Crippen molar-refractivity contribution >= 4 is 27.6 Å². The highest BCUT2D eigenvalue weighted by Gasteiger charge is 2.26. The fourth-order valence-electron chi connectivity index (χ4n) is 2.77. The second kappa shape index (κ2) is 10.1. The van der Waals surface area contributed by atoms with Crippen molar-refractivity contribution in [3.63, 3.8) is 0 Å². The van der Waals surface area contributed by atoms with Gasteiger partial charge in [0.25, 0.3) is 0 Å². The lowest BCUT2D eigenvalue weighted by Gasteiger charge is -2.17. The second-order valence-electron chi connectivity index (χ2n) is 7.74. The Morgan fingerprint density at radius 3 is 2.41 bits per heavy atom. The molecule has 2 rings (SSSR count). The van der Waals surface area contributed by atoms with Crippen LogP contribution >= 0.6 is 0 Å². The van der Waals surface area contributed by atoms with Crippen LogP contribution in [-0.2, 0) is 21.4 Å². The topological polar surface area (TPSA) is 140 Å². The molecule has 0 saturated heterocycles. The molecule has 1 aromatic carbocycles. The molecule has 0 aliphatic rings. The molecule has 176 valence electrons. The van der Waals surface area contributed by atoms with Crippen LogP contribution in [0.2, 0.25) is 0 Å². The van der Waals surface area contributed by atoms with E-state index < -0.39 is 16.0 Å². The number of carbonyl (C=O) groups excluding carboxylic acids is 1. The zero-order valence-electron chi connectivity index (χ0n) is 19.1. The molecule has 0 unspecified atom stereocenters. The maximum atomic E-state index is 13.1. The number of sulfonamides is 1. The van der Waals surface area contributed by atoms with Crippen molar-refractivity contribution in [3.05, 3.63) is 29.5 Å². The van der Waals surface area contributed by atoms with Crippen molar-refractivity contribution in [3.8, 4) is 11.6 Å². The van der Waals surface area contributed by atoms with Gasteiger partial charge >= 0.3 is 5.97 Å². The first-order chi connectivity index (χ1) is 14.9. The van der Waals surface area contributed by atoms with Crippen molar-refractivity contribution in [1.82, 2.24) is 14.5 Å². The zero-order valence-corrected chi connectivity index (χ0v) is 19.9. The van der Waals surface area contributed by atoms with E-state index in [1.54, 1.807) is 34.6 Å². The van der Waals surface area contributed by atoms with Crippen molar-refractivity contribution in [2.75, 3.05) is 5.32 Å². The molecule has 1 atom stereocenters. The van der Waals surface area contributed by atoms with Gasteiger partial charge in [-0.1, -0.05) is 20.8 Å². The number of hydrogen-bond donors (Lipinski definition) is 3. The smallest absolute Gasteiger partial charge is 0.356 e. The number of nitrogens with one attached hydrogen (secondary N) is 2. The maximum Gasteiger partial charge on any atom is 0.356 e. The number of aromatic nitrogens is 2. The van der Waals surface area contributed by atoms with Gasteiger partial charge in [-0.05, 0) is 45.4 Å². The van der Waals surface area contributed by atoms with Gasteiger partial charge in [0.05, 0.1) is 0 Å². The lowest BCUT2D eigenvalue weighted by Crippen LogP contribution is -2.32. The van der Waals surface area contributed by atoms with Crippen molar-refractivity contribution in [2.45, 2.75) is 65.4 Å². The molecule has 3 N–H and O–H groups in total. The summed E-state index contributed by atoms with van der Waals surface area (Å²) in [6.45, 7) is 10.7. The highest BCUT2D eigenvalue weighted by Crippen LogP contribution is 2.34. The van der Waals surface area contributed by atoms with Gasteiger partial charge in [0, 0.05) is 29.8 Å². The molecule has 1 amide bonds. The average molecular weight is 467 g/mol. The third kappa shape index (κ3) is 5.65. The largest absolute Gasteiger partial charge is 0.476 e. The Labute approximate surface area is 188 Å². The van der Waals surface area contributed by atoms with Crippen LogP contribution in [0.1, 0.15) is 57.1 Å². The van der Waals surface area contributed by atoms with Crippen LogP contribution in [-0.4, -0.2) is 41.2 Å². The summed E-state index contributed by atoms with van der Waals surface area (Å²) in [5, 5.41) is 16.1. The molecule has 0 saturated carbocycles. The van der Waals surface area contributed by atoms with Gasteiger partial charge < -0.3 is 15.2 Å². The molecule has 1 aromatic heterocycles. The summed E-state index contributed by atoms with van der Waals surface area (Å²) >= 11 is 0. The van der Waals surface area contributed by atoms with E-state index in [9.17, 15) is 23.1 Å². The number of carbonyl (C=O) groups is 2. The van der Waals surface area contributed by atoms with Gasteiger partial charge in [0.1, 0.15) is 10.6 Å². The minimum absolute atomic E-state index is 0.0158. The van der Waals surface area contributed by atoms with E-state index in [1.807, 2.05) is 6.92 Å². The van der Waals surface area contributed by atoms with Crippen molar-refractivity contribution in [2.24, 2.45) is 5.92 Å². The molecule has 0 aliphatic carbocycles. The fourth-order valence-corrected chi connectivity index (χ4v) is 4.25. The molecular formula is C21H30N4O6S. The van der Waals surface area contributed by atoms with Gasteiger partial charge in [-0.15, -0.1) is 0 Å². The highest BCUT2D eigenvalue weighted by molar-refractivity contribution is 7.89. The summed E-state index contributed by atoms with van der Waals surface area (Å²) in [6.07, 6.45) is 0.572. The van der Waals surface area contributed by atoms with Crippen molar-refractivity contribution < 1.29 is 27.9 Å². The van der Waals surface area contributed by atoms with Crippen LogP contribution < -0.4 is 14.8 Å². The molecular weight excluding hydrogens is 436 g/mol. The van der Waals surface area contributed by atoms with Crippen LogP contribution in [0.15, 0.2) is 23.1 Å². The van der Waals surface area contributed by atoms with Gasteiger partial charge in [-0.25, -0.2) is 22.6 Å². The van der Waals surface area contributed by atoms with Crippen LogP contribution in [0.3, 0.4) is 0 Å². The minimum atomic E-state index is -4.02. The normalized spacial score (nSPS) is 12.6. The summed E-state index contributed by atoms with van der Waals surface area (Å²) < 4.78 is 36.1. The Hall–Kier alpha value is -2.92. The van der Waals surface area contributed by atoms with Crippen LogP contribution in [0, 0.1) is 12.8 Å². The van der Waals surface area contributed by atoms with E-state index in [2.05, 4.69) is 15.1 Å². The molecule has 1 heterocycles. The van der Waals surface area contributed by atoms with Crippen molar-refractivity contribution in [1.29, 1.82) is 0 Å². The lowest BCUT2D eigenvalue weighted by atomic mass is 10.2. The molecule has 10 nitrogen and oxygen atoms in total. The lowest BCUT2D eigenvalue weighted by molar-refractivity contribution is -0.118. The molecule has 32 heavy (non-hydrogen) atoms. The third-order valence-corrected chi connectivity index (χ3v) is 6.44. The van der Waals surface area contributed by atoms with Gasteiger partial charge in [-0.2, -0.15) is 5.10 Å². The van der Waals surface area contributed by atoms with E-state index in [4.69, 9.17) is 4.74 Å². The summed E-state index contributed by atoms with van der Waals surface area (Å²) in [4.78, 5) is 23.4. The van der Waals surface area contributed by atoms with E-state index in [0.29, 0.717) is 18.7 Å². The fraction of sp³-hybridized carbons (Fsp3) is 0.476. The first-order valence-electron chi connectivity index (χ1n) is 10.4. The van der Waals surface area contributed by atoms with E-state index in [-0.39, 0.29) is 45.6 Å². The molecule has 11 heteroatoms. The van der Waals surface area contributed by atoms with E-state index in [1.165, 1.54) is 22.9 Å². The Kier molecular flexibility index (Phi) is 8.02. The number of hydrogen-bond acceptors (Lipinski definition) is 6. The van der Waals surface area contributed by atoms with Crippen LogP contribution in [0.4, 0.5) is 5.69 Å². The Morgan fingerprint density at radius 1 is 1.22 bits per heavy atom. The molecule has 0 bridgehead atoms.